The highest BCUT2D eigenvalue weighted by Crippen LogP contribution is 2.42. The monoisotopic (exact) mass is 523 g/mol. The van der Waals surface area contributed by atoms with Gasteiger partial charge in [0, 0.05) is 30.0 Å². The smallest absolute Gasteiger partial charge is 0.229 e. The number of amides is 2. The standard InChI is InChI=1S/C28H34BrN3O2/c29-24-10-6-21(7-11-24)20-32-19-15-28(27(32)34)13-17-31(18-14-28)16-12-25(22-4-2-1-3-5-22)30-26(33)23-8-9-23/h1-7,10-11,23,25H,8-9,12-20H2,(H,30,33)/t25-/m0/s1. The predicted octanol–water partition coefficient (Wildman–Crippen LogP) is 4.92. The largest absolute Gasteiger partial charge is 0.349 e. The maximum absolute atomic E-state index is 13.4. The molecule has 180 valence electrons. The van der Waals surface area contributed by atoms with Crippen molar-refractivity contribution in [3.8, 4) is 0 Å². The van der Waals surface area contributed by atoms with Gasteiger partial charge in [-0.05, 0) is 74.9 Å². The number of hydrogen-bond donors (Lipinski definition) is 1. The molecule has 2 amide bonds. The lowest BCUT2D eigenvalue weighted by molar-refractivity contribution is -0.139. The van der Waals surface area contributed by atoms with Crippen LogP contribution < -0.4 is 5.32 Å². The molecule has 3 fully saturated rings. The number of carbonyl (C=O) groups excluding carboxylic acids is 2. The van der Waals surface area contributed by atoms with Crippen molar-refractivity contribution >= 4 is 27.7 Å². The van der Waals surface area contributed by atoms with Crippen LogP contribution in [0, 0.1) is 11.3 Å². The molecule has 2 saturated heterocycles. The highest BCUT2D eigenvalue weighted by molar-refractivity contribution is 9.10. The first-order chi connectivity index (χ1) is 16.5. The Balaban J connectivity index is 1.14. The zero-order chi connectivity index (χ0) is 23.5. The van der Waals surface area contributed by atoms with Crippen molar-refractivity contribution in [2.75, 3.05) is 26.2 Å². The van der Waals surface area contributed by atoms with Crippen molar-refractivity contribution in [2.45, 2.75) is 51.1 Å². The van der Waals surface area contributed by atoms with Crippen LogP contribution >= 0.6 is 15.9 Å². The lowest BCUT2D eigenvalue weighted by atomic mass is 9.77. The molecule has 0 bridgehead atoms. The Labute approximate surface area is 211 Å². The second-order valence-corrected chi connectivity index (χ2v) is 11.2. The van der Waals surface area contributed by atoms with Gasteiger partial charge in [0.2, 0.25) is 11.8 Å². The molecule has 2 aromatic carbocycles. The van der Waals surface area contributed by atoms with E-state index in [1.54, 1.807) is 0 Å². The Morgan fingerprint density at radius 3 is 2.35 bits per heavy atom. The van der Waals surface area contributed by atoms with Gasteiger partial charge in [0.25, 0.3) is 0 Å². The summed E-state index contributed by atoms with van der Waals surface area (Å²) >= 11 is 3.48. The van der Waals surface area contributed by atoms with Gasteiger partial charge >= 0.3 is 0 Å². The first-order valence-corrected chi connectivity index (χ1v) is 13.4. The highest BCUT2D eigenvalue weighted by atomic mass is 79.9. The number of benzene rings is 2. The fourth-order valence-corrected chi connectivity index (χ4v) is 5.74. The molecule has 34 heavy (non-hydrogen) atoms. The number of carbonyl (C=O) groups is 2. The Morgan fingerprint density at radius 1 is 1.00 bits per heavy atom. The van der Waals surface area contributed by atoms with E-state index in [2.05, 4.69) is 55.3 Å². The first-order valence-electron chi connectivity index (χ1n) is 12.6. The molecule has 3 aliphatic rings. The average Bonchev–Trinajstić information content (AvgIpc) is 3.68. The van der Waals surface area contributed by atoms with Crippen LogP contribution in [0.3, 0.4) is 0 Å². The summed E-state index contributed by atoms with van der Waals surface area (Å²) in [6.45, 7) is 4.42. The summed E-state index contributed by atoms with van der Waals surface area (Å²) in [6, 6.07) is 18.7. The van der Waals surface area contributed by atoms with E-state index in [1.165, 1.54) is 11.1 Å². The van der Waals surface area contributed by atoms with Crippen LogP contribution in [0.1, 0.15) is 55.7 Å². The SMILES string of the molecule is O=C(N[C@@H](CCN1CCC2(CC1)CCN(Cc1ccc(Br)cc1)C2=O)c1ccccc1)C1CC1. The number of likely N-dealkylation sites (tertiary alicyclic amines) is 2. The molecule has 6 heteroatoms. The van der Waals surface area contributed by atoms with Crippen LogP contribution in [-0.4, -0.2) is 47.8 Å². The molecule has 5 nitrogen and oxygen atoms in total. The topological polar surface area (TPSA) is 52.7 Å². The van der Waals surface area contributed by atoms with E-state index in [4.69, 9.17) is 0 Å². The van der Waals surface area contributed by atoms with E-state index in [1.807, 2.05) is 30.3 Å². The molecular weight excluding hydrogens is 490 g/mol. The minimum absolute atomic E-state index is 0.0553. The van der Waals surface area contributed by atoms with E-state index >= 15 is 0 Å². The van der Waals surface area contributed by atoms with Crippen molar-refractivity contribution in [1.29, 1.82) is 0 Å². The van der Waals surface area contributed by atoms with Crippen LogP contribution in [0.25, 0.3) is 0 Å². The molecule has 1 saturated carbocycles. The number of nitrogens with one attached hydrogen (secondary N) is 1. The predicted molar refractivity (Wildman–Crippen MR) is 137 cm³/mol. The fraction of sp³-hybridized carbons (Fsp3) is 0.500. The summed E-state index contributed by atoms with van der Waals surface area (Å²) in [4.78, 5) is 30.3. The second-order valence-electron chi connectivity index (χ2n) is 10.3. The Hall–Kier alpha value is -2.18. The second kappa shape index (κ2) is 10.2. The van der Waals surface area contributed by atoms with Gasteiger partial charge in [-0.15, -0.1) is 0 Å². The maximum Gasteiger partial charge on any atom is 0.229 e. The van der Waals surface area contributed by atoms with Gasteiger partial charge in [-0.2, -0.15) is 0 Å². The summed E-state index contributed by atoms with van der Waals surface area (Å²) in [5.41, 5.74) is 2.19. The fourth-order valence-electron chi connectivity index (χ4n) is 5.48. The number of rotatable bonds is 8. The van der Waals surface area contributed by atoms with Crippen molar-refractivity contribution in [3.63, 3.8) is 0 Å². The number of halogens is 1. The minimum Gasteiger partial charge on any atom is -0.349 e. The van der Waals surface area contributed by atoms with Crippen LogP contribution in [0.2, 0.25) is 0 Å². The molecule has 0 aromatic heterocycles. The quantitative estimate of drug-likeness (QED) is 0.534. The minimum atomic E-state index is -0.176. The Bertz CT molecular complexity index is 998. The van der Waals surface area contributed by atoms with Crippen molar-refractivity contribution in [1.82, 2.24) is 15.1 Å². The third-order valence-electron chi connectivity index (χ3n) is 7.90. The third kappa shape index (κ3) is 5.38. The van der Waals surface area contributed by atoms with Gasteiger partial charge in [0.15, 0.2) is 0 Å². The van der Waals surface area contributed by atoms with Gasteiger partial charge in [0.1, 0.15) is 0 Å². The molecule has 0 radical (unpaired) electrons. The third-order valence-corrected chi connectivity index (χ3v) is 8.43. The summed E-state index contributed by atoms with van der Waals surface area (Å²) in [7, 11) is 0. The zero-order valence-electron chi connectivity index (χ0n) is 19.7. The molecule has 0 unspecified atom stereocenters. The van der Waals surface area contributed by atoms with Crippen molar-refractivity contribution in [2.24, 2.45) is 11.3 Å². The molecule has 1 N–H and O–H groups in total. The van der Waals surface area contributed by atoms with Crippen LogP contribution in [-0.2, 0) is 16.1 Å². The van der Waals surface area contributed by atoms with E-state index in [-0.39, 0.29) is 23.3 Å². The summed E-state index contributed by atoms with van der Waals surface area (Å²) in [6.07, 6.45) is 5.79. The van der Waals surface area contributed by atoms with Gasteiger partial charge in [-0.25, -0.2) is 0 Å². The molecule has 2 heterocycles. The van der Waals surface area contributed by atoms with Gasteiger partial charge < -0.3 is 15.1 Å². The first kappa shape index (κ1) is 23.6. The maximum atomic E-state index is 13.4. The lowest BCUT2D eigenvalue weighted by Crippen LogP contribution is -2.45. The Morgan fingerprint density at radius 2 is 1.68 bits per heavy atom. The summed E-state index contributed by atoms with van der Waals surface area (Å²) < 4.78 is 1.06. The number of piperidine rings is 1. The molecule has 5 rings (SSSR count). The Kier molecular flexibility index (Phi) is 7.07. The van der Waals surface area contributed by atoms with Gasteiger partial charge in [0.05, 0.1) is 11.5 Å². The molecule has 1 spiro atoms. The average molecular weight is 525 g/mol. The summed E-state index contributed by atoms with van der Waals surface area (Å²) in [5.74, 6) is 0.762. The molecule has 1 atom stereocenters. The highest BCUT2D eigenvalue weighted by Gasteiger charge is 2.47. The van der Waals surface area contributed by atoms with E-state index in [0.29, 0.717) is 12.5 Å². The molecule has 2 aliphatic heterocycles. The van der Waals surface area contributed by atoms with Gasteiger partial charge in [-0.3, -0.25) is 9.59 Å². The summed E-state index contributed by atoms with van der Waals surface area (Å²) in [5, 5.41) is 3.29. The number of hydrogen-bond acceptors (Lipinski definition) is 3. The van der Waals surface area contributed by atoms with E-state index < -0.39 is 0 Å². The van der Waals surface area contributed by atoms with E-state index in [0.717, 1.165) is 69.2 Å². The lowest BCUT2D eigenvalue weighted by Gasteiger charge is -2.38. The molecule has 1 aliphatic carbocycles. The van der Waals surface area contributed by atoms with Gasteiger partial charge in [-0.1, -0.05) is 58.4 Å². The van der Waals surface area contributed by atoms with E-state index in [9.17, 15) is 9.59 Å². The van der Waals surface area contributed by atoms with Crippen LogP contribution in [0.5, 0.6) is 0 Å². The number of nitrogens with zero attached hydrogens (tertiary/aromatic N) is 2. The molecule has 2 aromatic rings. The van der Waals surface area contributed by atoms with Crippen LogP contribution in [0.4, 0.5) is 0 Å². The van der Waals surface area contributed by atoms with Crippen LogP contribution in [0.15, 0.2) is 59.1 Å². The normalized spacial score (nSPS) is 21.1. The zero-order valence-corrected chi connectivity index (χ0v) is 21.3. The van der Waals surface area contributed by atoms with Crippen molar-refractivity contribution < 1.29 is 9.59 Å². The van der Waals surface area contributed by atoms with Crippen molar-refractivity contribution in [3.05, 3.63) is 70.2 Å². The molecular formula is C28H34BrN3O2.